The molecule has 4 rings (SSSR count). The minimum Gasteiger partial charge on any atom is -0.511 e. The zero-order chi connectivity index (χ0) is 22.1. The number of hydrogen-bond acceptors (Lipinski definition) is 4. The monoisotopic (exact) mass is 415 g/mol. The molecular formula is C25H37NO4. The van der Waals surface area contributed by atoms with E-state index in [9.17, 15) is 14.7 Å². The lowest BCUT2D eigenvalue weighted by molar-refractivity contribution is -0.126. The molecule has 0 aromatic heterocycles. The van der Waals surface area contributed by atoms with E-state index >= 15 is 0 Å². The van der Waals surface area contributed by atoms with Gasteiger partial charge >= 0.3 is 0 Å². The van der Waals surface area contributed by atoms with Gasteiger partial charge in [0.1, 0.15) is 11.3 Å². The number of epoxide rings is 1. The molecule has 1 N–H and O–H groups in total. The normalized spacial score (nSPS) is 45.5. The number of likely N-dealkylation sites (N-methyl/N-ethyl adjacent to an activating group) is 1. The standard InChI is InChI=1S/C25H37NO4/c1-12(2)21-23(28)19(24(29)26(21)7)22(27)18-17-13(3)9-8-10-16(17)11-14(4)20(18)25(6)15(5)30-25/h11-13,15-18,20-21,27H,8-10H2,1-7H3/b22-19-/t13-,15-,16-,17+,18-,20-,21+,25+/m0/s1. The highest BCUT2D eigenvalue weighted by Gasteiger charge is 2.62. The molecule has 30 heavy (non-hydrogen) atoms. The predicted molar refractivity (Wildman–Crippen MR) is 116 cm³/mol. The first-order valence-corrected chi connectivity index (χ1v) is 11.6. The van der Waals surface area contributed by atoms with Crippen molar-refractivity contribution in [2.45, 2.75) is 78.6 Å². The molecule has 1 saturated carbocycles. The largest absolute Gasteiger partial charge is 0.511 e. The van der Waals surface area contributed by atoms with E-state index in [0.717, 1.165) is 12.8 Å². The van der Waals surface area contributed by atoms with E-state index in [1.54, 1.807) is 7.05 Å². The first kappa shape index (κ1) is 21.6. The molecule has 0 unspecified atom stereocenters. The van der Waals surface area contributed by atoms with Gasteiger partial charge in [0.25, 0.3) is 5.91 Å². The molecule has 2 heterocycles. The first-order chi connectivity index (χ1) is 14.0. The van der Waals surface area contributed by atoms with Crippen molar-refractivity contribution in [3.63, 3.8) is 0 Å². The van der Waals surface area contributed by atoms with Crippen molar-refractivity contribution in [1.29, 1.82) is 0 Å². The summed E-state index contributed by atoms with van der Waals surface area (Å²) in [5, 5.41) is 11.7. The predicted octanol–water partition coefficient (Wildman–Crippen LogP) is 4.29. The molecule has 0 bridgehead atoms. The summed E-state index contributed by atoms with van der Waals surface area (Å²) in [6.07, 6.45) is 5.88. The van der Waals surface area contributed by atoms with Gasteiger partial charge in [0.05, 0.1) is 17.7 Å². The first-order valence-electron chi connectivity index (χ1n) is 11.6. The second kappa shape index (κ2) is 7.22. The number of Topliss-reactive ketones (excluding diaryl/α,β-unsaturated/α-hetero) is 1. The Bertz CT molecular complexity index is 827. The molecule has 166 valence electrons. The average molecular weight is 416 g/mol. The van der Waals surface area contributed by atoms with Crippen LogP contribution >= 0.6 is 0 Å². The number of carbonyl (C=O) groups excluding carboxylic acids is 2. The third kappa shape index (κ3) is 2.99. The third-order valence-electron chi connectivity index (χ3n) is 8.56. The van der Waals surface area contributed by atoms with E-state index in [-0.39, 0.29) is 58.4 Å². The number of nitrogens with zero attached hydrogens (tertiary/aromatic N) is 1. The fourth-order valence-corrected chi connectivity index (χ4v) is 6.95. The molecule has 0 aromatic rings. The summed E-state index contributed by atoms with van der Waals surface area (Å²) in [7, 11) is 1.67. The molecule has 5 nitrogen and oxygen atoms in total. The van der Waals surface area contributed by atoms with Gasteiger partial charge in [-0.05, 0) is 50.9 Å². The highest BCUT2D eigenvalue weighted by Crippen LogP contribution is 2.58. The number of likely N-dealkylation sites (tertiary alicyclic amines) is 1. The fourth-order valence-electron chi connectivity index (χ4n) is 6.95. The second-order valence-electron chi connectivity index (χ2n) is 10.7. The number of ether oxygens (including phenoxy) is 1. The van der Waals surface area contributed by atoms with Crippen molar-refractivity contribution in [3.8, 4) is 0 Å². The van der Waals surface area contributed by atoms with Gasteiger partial charge in [-0.15, -0.1) is 0 Å². The molecule has 4 aliphatic rings. The Labute approximate surface area is 180 Å². The van der Waals surface area contributed by atoms with Gasteiger partial charge in [0.2, 0.25) is 0 Å². The van der Waals surface area contributed by atoms with Gasteiger partial charge in [-0.1, -0.05) is 45.3 Å². The molecule has 2 aliphatic carbocycles. The summed E-state index contributed by atoms with van der Waals surface area (Å²) in [5.74, 6) is 0.201. The van der Waals surface area contributed by atoms with Gasteiger partial charge in [-0.3, -0.25) is 9.59 Å². The summed E-state index contributed by atoms with van der Waals surface area (Å²) in [5.41, 5.74) is 0.881. The molecule has 0 spiro atoms. The van der Waals surface area contributed by atoms with Crippen molar-refractivity contribution < 1.29 is 19.4 Å². The van der Waals surface area contributed by atoms with Crippen molar-refractivity contribution >= 4 is 11.7 Å². The van der Waals surface area contributed by atoms with E-state index in [2.05, 4.69) is 33.8 Å². The summed E-state index contributed by atoms with van der Waals surface area (Å²) < 4.78 is 6.05. The molecule has 2 aliphatic heterocycles. The smallest absolute Gasteiger partial charge is 0.261 e. The zero-order valence-corrected chi connectivity index (χ0v) is 19.4. The van der Waals surface area contributed by atoms with Crippen LogP contribution in [0.15, 0.2) is 23.0 Å². The van der Waals surface area contributed by atoms with Crippen LogP contribution in [-0.2, 0) is 14.3 Å². The Hall–Kier alpha value is -1.62. The van der Waals surface area contributed by atoms with Gasteiger partial charge in [-0.2, -0.15) is 0 Å². The Kier molecular flexibility index (Phi) is 5.20. The number of aliphatic hydroxyl groups excluding tert-OH is 1. The Morgan fingerprint density at radius 2 is 1.90 bits per heavy atom. The van der Waals surface area contributed by atoms with Crippen LogP contribution in [0.25, 0.3) is 0 Å². The lowest BCUT2D eigenvalue weighted by atomic mass is 9.56. The number of amides is 1. The minimum atomic E-state index is -0.500. The van der Waals surface area contributed by atoms with Crippen LogP contribution in [0.4, 0.5) is 0 Å². The maximum absolute atomic E-state index is 13.3. The molecule has 5 heteroatoms. The van der Waals surface area contributed by atoms with Crippen LogP contribution in [0.1, 0.15) is 60.8 Å². The lowest BCUT2D eigenvalue weighted by Crippen LogP contribution is -2.46. The van der Waals surface area contributed by atoms with Gasteiger partial charge < -0.3 is 14.7 Å². The highest BCUT2D eigenvalue weighted by atomic mass is 16.6. The Morgan fingerprint density at radius 1 is 1.27 bits per heavy atom. The zero-order valence-electron chi connectivity index (χ0n) is 19.4. The quantitative estimate of drug-likeness (QED) is 0.245. The van der Waals surface area contributed by atoms with E-state index < -0.39 is 6.04 Å². The number of carbonyl (C=O) groups is 2. The fraction of sp³-hybridized carbons (Fsp3) is 0.760. The summed E-state index contributed by atoms with van der Waals surface area (Å²) in [4.78, 5) is 27.9. The molecule has 3 fully saturated rings. The number of rotatable bonds is 3. The molecule has 1 amide bonds. The number of allylic oxidation sites excluding steroid dienone is 2. The van der Waals surface area contributed by atoms with Crippen LogP contribution < -0.4 is 0 Å². The van der Waals surface area contributed by atoms with Gasteiger partial charge in [0.15, 0.2) is 5.78 Å². The van der Waals surface area contributed by atoms with Crippen LogP contribution in [0.5, 0.6) is 0 Å². The maximum Gasteiger partial charge on any atom is 0.261 e. The SMILES string of the molecule is CC1=C[C@@H]2CCC[C@H](C)[C@H]2[C@H](/C(O)=C2\C(=O)[C@@H](C(C)C)N(C)C2=O)[C@H]1[C@]1(C)O[C@H]1C. The molecule has 8 atom stereocenters. The second-order valence-corrected chi connectivity index (χ2v) is 10.7. The lowest BCUT2D eigenvalue weighted by Gasteiger charge is -2.48. The van der Waals surface area contributed by atoms with Crippen molar-refractivity contribution in [3.05, 3.63) is 23.0 Å². The summed E-state index contributed by atoms with van der Waals surface area (Å²) in [6.45, 7) is 12.5. The number of aliphatic hydroxyl groups is 1. The number of hydrogen-bond donors (Lipinski definition) is 1. The van der Waals surface area contributed by atoms with E-state index in [0.29, 0.717) is 11.8 Å². The highest BCUT2D eigenvalue weighted by molar-refractivity contribution is 6.26. The molecule has 2 saturated heterocycles. The third-order valence-corrected chi connectivity index (χ3v) is 8.56. The summed E-state index contributed by atoms with van der Waals surface area (Å²) >= 11 is 0. The van der Waals surface area contributed by atoms with Crippen molar-refractivity contribution in [2.75, 3.05) is 7.05 Å². The Morgan fingerprint density at radius 3 is 2.43 bits per heavy atom. The minimum absolute atomic E-state index is 0.00573. The molecule has 0 radical (unpaired) electrons. The molecule has 0 aromatic carbocycles. The van der Waals surface area contributed by atoms with E-state index in [1.807, 2.05) is 13.8 Å². The van der Waals surface area contributed by atoms with E-state index in [4.69, 9.17) is 4.74 Å². The number of ketones is 1. The van der Waals surface area contributed by atoms with Gasteiger partial charge in [-0.25, -0.2) is 0 Å². The van der Waals surface area contributed by atoms with Crippen molar-refractivity contribution in [1.82, 2.24) is 4.90 Å². The van der Waals surface area contributed by atoms with Crippen LogP contribution in [0.2, 0.25) is 0 Å². The van der Waals surface area contributed by atoms with Gasteiger partial charge in [0, 0.05) is 18.9 Å². The maximum atomic E-state index is 13.3. The van der Waals surface area contributed by atoms with Crippen LogP contribution in [0, 0.1) is 35.5 Å². The van der Waals surface area contributed by atoms with Crippen molar-refractivity contribution in [2.24, 2.45) is 35.5 Å². The van der Waals surface area contributed by atoms with E-state index in [1.165, 1.54) is 16.9 Å². The number of fused-ring (bicyclic) bond motifs is 1. The van der Waals surface area contributed by atoms with Crippen LogP contribution in [-0.4, -0.2) is 46.5 Å². The average Bonchev–Trinajstić information content (AvgIpc) is 3.19. The topological polar surface area (TPSA) is 70.1 Å². The van der Waals surface area contributed by atoms with Crippen LogP contribution in [0.3, 0.4) is 0 Å². The summed E-state index contributed by atoms with van der Waals surface area (Å²) in [6, 6.07) is -0.500. The Balaban J connectivity index is 1.86. The molecular weight excluding hydrogens is 378 g/mol.